The number of carbonyl (C=O) groups is 1. The number of aryl methyl sites for hydroxylation is 1. The number of esters is 1. The first-order valence-electron chi connectivity index (χ1n) is 14.5. The van der Waals surface area contributed by atoms with Gasteiger partial charge >= 0.3 is 5.97 Å². The predicted molar refractivity (Wildman–Crippen MR) is 153 cm³/mol. The van der Waals surface area contributed by atoms with Crippen molar-refractivity contribution in [1.82, 2.24) is 24.8 Å². The van der Waals surface area contributed by atoms with Crippen LogP contribution in [-0.2, 0) is 11.8 Å². The van der Waals surface area contributed by atoms with Crippen LogP contribution in [0.3, 0.4) is 0 Å². The van der Waals surface area contributed by atoms with E-state index in [1.807, 2.05) is 37.0 Å². The van der Waals surface area contributed by atoms with Gasteiger partial charge in [-0.15, -0.1) is 5.10 Å². The monoisotopic (exact) mass is 539 g/mol. The van der Waals surface area contributed by atoms with Gasteiger partial charge in [0.1, 0.15) is 11.3 Å². The fraction of sp³-hybridized carbons (Fsp3) is 0.438. The van der Waals surface area contributed by atoms with E-state index in [9.17, 15) is 4.79 Å². The summed E-state index contributed by atoms with van der Waals surface area (Å²) in [5.74, 6) is 1.53. The lowest BCUT2D eigenvalue weighted by Gasteiger charge is -2.28. The molecule has 2 unspecified atom stereocenters. The minimum absolute atomic E-state index is 0.116. The largest absolute Gasteiger partial charge is 0.490 e. The maximum absolute atomic E-state index is 12.9. The first-order valence-corrected chi connectivity index (χ1v) is 14.5. The number of benzene rings is 2. The zero-order chi connectivity index (χ0) is 27.6. The number of carbonyl (C=O) groups excluding carboxylic acids is 1. The Bertz CT molecular complexity index is 1470. The predicted octanol–water partition coefficient (Wildman–Crippen LogP) is 6.46. The van der Waals surface area contributed by atoms with E-state index in [4.69, 9.17) is 9.47 Å². The summed E-state index contributed by atoms with van der Waals surface area (Å²) in [6.07, 6.45) is 11.2. The molecule has 0 radical (unpaired) electrons. The highest BCUT2D eigenvalue weighted by molar-refractivity contribution is 5.91. The molecular weight excluding hydrogens is 502 g/mol. The number of nitrogens with zero attached hydrogens (tertiary/aromatic N) is 5. The Morgan fingerprint density at radius 1 is 1.05 bits per heavy atom. The fourth-order valence-corrected chi connectivity index (χ4v) is 6.10. The average Bonchev–Trinajstić information content (AvgIpc) is 3.43. The van der Waals surface area contributed by atoms with Crippen LogP contribution in [0.2, 0.25) is 0 Å². The standard InChI is InChI=1S/C32H37N5O3/c1-4-39-32(38)29-19-33-37(31(29)28-18-27(28)30-20-36(3)35-34-30)25-12-8-11-24(17-25)23-13-15-26(16-14-23)40-21(2)22-9-6-5-7-10-22/h8,11-17,19-22,27-28H,4-7,9-10,18H2,1-3H3/t21?,27-,28?/m0/s1. The van der Waals surface area contributed by atoms with E-state index in [2.05, 4.69) is 58.7 Å². The summed E-state index contributed by atoms with van der Waals surface area (Å²) < 4.78 is 15.3. The lowest BCUT2D eigenvalue weighted by Crippen LogP contribution is -2.25. The van der Waals surface area contributed by atoms with Gasteiger partial charge in [0.2, 0.25) is 0 Å². The number of hydrogen-bond acceptors (Lipinski definition) is 6. The molecular formula is C32H37N5O3. The van der Waals surface area contributed by atoms with Gasteiger partial charge in [-0.2, -0.15) is 5.10 Å². The average molecular weight is 540 g/mol. The molecule has 0 spiro atoms. The summed E-state index contributed by atoms with van der Waals surface area (Å²) in [7, 11) is 1.86. The van der Waals surface area contributed by atoms with Crippen molar-refractivity contribution in [3.05, 3.63) is 77.9 Å². The van der Waals surface area contributed by atoms with Gasteiger partial charge < -0.3 is 9.47 Å². The van der Waals surface area contributed by atoms with Crippen LogP contribution in [0, 0.1) is 5.92 Å². The van der Waals surface area contributed by atoms with E-state index in [0.29, 0.717) is 18.1 Å². The molecule has 2 fully saturated rings. The number of ether oxygens (including phenoxy) is 2. The van der Waals surface area contributed by atoms with E-state index in [-0.39, 0.29) is 23.9 Å². The molecule has 2 aliphatic carbocycles. The Morgan fingerprint density at radius 2 is 1.85 bits per heavy atom. The molecule has 2 saturated carbocycles. The third kappa shape index (κ3) is 5.40. The van der Waals surface area contributed by atoms with Crippen LogP contribution >= 0.6 is 0 Å². The van der Waals surface area contributed by atoms with E-state index in [1.165, 1.54) is 32.1 Å². The van der Waals surface area contributed by atoms with E-state index in [0.717, 1.165) is 40.4 Å². The van der Waals surface area contributed by atoms with Crippen molar-refractivity contribution in [3.8, 4) is 22.6 Å². The summed E-state index contributed by atoms with van der Waals surface area (Å²) in [4.78, 5) is 12.9. The molecule has 0 amide bonds. The van der Waals surface area contributed by atoms with E-state index < -0.39 is 0 Å². The van der Waals surface area contributed by atoms with Gasteiger partial charge in [0.15, 0.2) is 0 Å². The minimum Gasteiger partial charge on any atom is -0.490 e. The summed E-state index contributed by atoms with van der Waals surface area (Å²) in [6.45, 7) is 4.34. The second-order valence-electron chi connectivity index (χ2n) is 11.1. The van der Waals surface area contributed by atoms with Gasteiger partial charge in [0.05, 0.1) is 36.0 Å². The maximum Gasteiger partial charge on any atom is 0.341 e. The molecule has 2 aromatic carbocycles. The Hall–Kier alpha value is -3.94. The molecule has 0 N–H and O–H groups in total. The molecule has 0 bridgehead atoms. The maximum atomic E-state index is 12.9. The van der Waals surface area contributed by atoms with Gasteiger partial charge in [0.25, 0.3) is 0 Å². The highest BCUT2D eigenvalue weighted by atomic mass is 16.5. The van der Waals surface area contributed by atoms with Gasteiger partial charge in [-0.05, 0) is 74.4 Å². The third-order valence-corrected chi connectivity index (χ3v) is 8.36. The van der Waals surface area contributed by atoms with Crippen LogP contribution in [-0.4, -0.2) is 43.5 Å². The zero-order valence-corrected chi connectivity index (χ0v) is 23.5. The lowest BCUT2D eigenvalue weighted by atomic mass is 9.86. The zero-order valence-electron chi connectivity index (χ0n) is 23.5. The molecule has 0 saturated heterocycles. The summed E-state index contributed by atoms with van der Waals surface area (Å²) in [5, 5.41) is 13.1. The van der Waals surface area contributed by atoms with Crippen molar-refractivity contribution < 1.29 is 14.3 Å². The highest BCUT2D eigenvalue weighted by Crippen LogP contribution is 2.55. The Balaban J connectivity index is 1.25. The Kier molecular flexibility index (Phi) is 7.41. The summed E-state index contributed by atoms with van der Waals surface area (Å²) in [6, 6.07) is 16.6. The molecule has 3 atom stereocenters. The quantitative estimate of drug-likeness (QED) is 0.227. The van der Waals surface area contributed by atoms with Crippen LogP contribution < -0.4 is 4.74 Å². The van der Waals surface area contributed by atoms with E-state index >= 15 is 0 Å². The van der Waals surface area contributed by atoms with Crippen molar-refractivity contribution in [2.24, 2.45) is 13.0 Å². The Labute approximate surface area is 235 Å². The molecule has 8 heteroatoms. The van der Waals surface area contributed by atoms with Crippen LogP contribution in [0.25, 0.3) is 16.8 Å². The fourth-order valence-electron chi connectivity index (χ4n) is 6.10. The van der Waals surface area contributed by atoms with Crippen molar-refractivity contribution in [2.75, 3.05) is 6.61 Å². The number of hydrogen-bond donors (Lipinski definition) is 0. The van der Waals surface area contributed by atoms with E-state index in [1.54, 1.807) is 10.9 Å². The van der Waals surface area contributed by atoms with Gasteiger partial charge in [0, 0.05) is 25.1 Å². The van der Waals surface area contributed by atoms with Crippen LogP contribution in [0.5, 0.6) is 5.75 Å². The second kappa shape index (κ2) is 11.3. The third-order valence-electron chi connectivity index (χ3n) is 8.36. The Morgan fingerprint density at radius 3 is 2.58 bits per heavy atom. The second-order valence-corrected chi connectivity index (χ2v) is 11.1. The highest BCUT2D eigenvalue weighted by Gasteiger charge is 2.46. The van der Waals surface area contributed by atoms with Gasteiger partial charge in [-0.25, -0.2) is 9.48 Å². The number of aromatic nitrogens is 5. The normalized spacial score (nSPS) is 19.8. The van der Waals surface area contributed by atoms with Crippen molar-refractivity contribution in [1.29, 1.82) is 0 Å². The molecule has 2 aromatic heterocycles. The van der Waals surface area contributed by atoms with Crippen molar-refractivity contribution >= 4 is 5.97 Å². The molecule has 6 rings (SSSR count). The summed E-state index contributed by atoms with van der Waals surface area (Å²) in [5.41, 5.74) is 5.39. The van der Waals surface area contributed by atoms with Crippen LogP contribution in [0.15, 0.2) is 60.9 Å². The first kappa shape index (κ1) is 26.3. The molecule has 208 valence electrons. The molecule has 0 aliphatic heterocycles. The molecule has 2 heterocycles. The van der Waals surface area contributed by atoms with Crippen molar-refractivity contribution in [2.45, 2.75) is 70.3 Å². The minimum atomic E-state index is -0.345. The SMILES string of the molecule is CCOC(=O)c1cnn(-c2cccc(-c3ccc(OC(C)C4CCCCC4)cc3)c2)c1C1C[C@@H]1c1cn(C)nn1. The van der Waals surface area contributed by atoms with Gasteiger partial charge in [-0.1, -0.05) is 48.7 Å². The van der Waals surface area contributed by atoms with Crippen LogP contribution in [0.4, 0.5) is 0 Å². The summed E-state index contributed by atoms with van der Waals surface area (Å²) >= 11 is 0. The first-order chi connectivity index (χ1) is 19.5. The lowest BCUT2D eigenvalue weighted by molar-refractivity contribution is 0.0525. The van der Waals surface area contributed by atoms with Gasteiger partial charge in [-0.3, -0.25) is 4.68 Å². The topological polar surface area (TPSA) is 84.1 Å². The molecule has 8 nitrogen and oxygen atoms in total. The molecule has 4 aromatic rings. The smallest absolute Gasteiger partial charge is 0.341 e. The molecule has 2 aliphatic rings. The molecule has 40 heavy (non-hydrogen) atoms. The van der Waals surface area contributed by atoms with Crippen LogP contribution in [0.1, 0.15) is 86.0 Å². The number of rotatable bonds is 9. The van der Waals surface area contributed by atoms with Crippen molar-refractivity contribution in [3.63, 3.8) is 0 Å².